The summed E-state index contributed by atoms with van der Waals surface area (Å²) in [6, 6.07) is 24.7. The number of nitrogens with zero attached hydrogens (tertiary/aromatic N) is 2. The number of amidine groups is 1. The molecule has 1 aliphatic heterocycles. The molecule has 0 aliphatic carbocycles. The van der Waals surface area contributed by atoms with Crippen molar-refractivity contribution in [2.75, 3.05) is 4.90 Å². The first-order valence-corrected chi connectivity index (χ1v) is 13.7. The Morgan fingerprint density at radius 1 is 0.923 bits per heavy atom. The molecule has 39 heavy (non-hydrogen) atoms. The quantitative estimate of drug-likeness (QED) is 0.215. The molecule has 4 aromatic carbocycles. The number of halogens is 3. The third-order valence-electron chi connectivity index (χ3n) is 6.05. The van der Waals surface area contributed by atoms with Crippen molar-refractivity contribution in [1.29, 1.82) is 0 Å². The topological polar surface area (TPSA) is 41.9 Å². The van der Waals surface area contributed by atoms with Gasteiger partial charge in [0.2, 0.25) is 0 Å². The zero-order valence-corrected chi connectivity index (χ0v) is 23.4. The van der Waals surface area contributed by atoms with Gasteiger partial charge in [0.1, 0.15) is 18.2 Å². The number of aryl methyl sites for hydroxylation is 2. The van der Waals surface area contributed by atoms with Crippen LogP contribution in [0, 0.1) is 19.7 Å². The molecular weight excluding hydrogens is 554 g/mol. The van der Waals surface area contributed by atoms with Crippen LogP contribution in [0.1, 0.15) is 22.3 Å². The zero-order chi connectivity index (χ0) is 27.5. The maximum Gasteiger partial charge on any atom is 0.271 e. The summed E-state index contributed by atoms with van der Waals surface area (Å²) < 4.78 is 19.4. The molecule has 0 atom stereocenters. The van der Waals surface area contributed by atoms with Crippen LogP contribution in [0.15, 0.2) is 94.8 Å². The minimum atomic E-state index is -0.309. The number of anilines is 1. The SMILES string of the molecule is Cc1ccc(N=C2S/C(=C\c3cccc(OCc4cccc(F)c4)c3)C(=O)N2c2ccc(C)c(Cl)c2)cc1Cl. The van der Waals surface area contributed by atoms with Crippen molar-refractivity contribution in [2.24, 2.45) is 4.99 Å². The van der Waals surface area contributed by atoms with Crippen LogP contribution in [0.25, 0.3) is 6.08 Å². The number of carbonyl (C=O) groups excluding carboxylic acids is 1. The van der Waals surface area contributed by atoms with Crippen LogP contribution < -0.4 is 9.64 Å². The van der Waals surface area contributed by atoms with E-state index < -0.39 is 0 Å². The van der Waals surface area contributed by atoms with E-state index in [4.69, 9.17) is 32.9 Å². The molecule has 0 N–H and O–H groups in total. The molecule has 196 valence electrons. The Labute approximate surface area is 240 Å². The molecule has 1 heterocycles. The number of hydrogen-bond donors (Lipinski definition) is 0. The summed E-state index contributed by atoms with van der Waals surface area (Å²) >= 11 is 14.0. The van der Waals surface area contributed by atoms with Crippen LogP contribution in [-0.2, 0) is 11.4 Å². The zero-order valence-electron chi connectivity index (χ0n) is 21.1. The second-order valence-electron chi connectivity index (χ2n) is 9.00. The van der Waals surface area contributed by atoms with Crippen LogP contribution in [0.3, 0.4) is 0 Å². The van der Waals surface area contributed by atoms with E-state index in [9.17, 15) is 9.18 Å². The van der Waals surface area contributed by atoms with Crippen molar-refractivity contribution < 1.29 is 13.9 Å². The maximum absolute atomic E-state index is 13.7. The second-order valence-corrected chi connectivity index (χ2v) is 10.8. The molecular formula is C31H23Cl2FN2O2S. The Balaban J connectivity index is 1.46. The van der Waals surface area contributed by atoms with E-state index in [1.54, 1.807) is 35.2 Å². The van der Waals surface area contributed by atoms with Crippen molar-refractivity contribution in [2.45, 2.75) is 20.5 Å². The number of ether oxygens (including phenoxy) is 1. The lowest BCUT2D eigenvalue weighted by Gasteiger charge is -2.16. The van der Waals surface area contributed by atoms with Gasteiger partial charge in [0.15, 0.2) is 5.17 Å². The van der Waals surface area contributed by atoms with Crippen molar-refractivity contribution >= 4 is 63.5 Å². The highest BCUT2D eigenvalue weighted by Gasteiger charge is 2.35. The minimum absolute atomic E-state index is 0.219. The Kier molecular flexibility index (Phi) is 8.07. The van der Waals surface area contributed by atoms with E-state index in [-0.39, 0.29) is 18.3 Å². The molecule has 4 nitrogen and oxygen atoms in total. The smallest absolute Gasteiger partial charge is 0.271 e. The van der Waals surface area contributed by atoms with Crippen LogP contribution in [0.4, 0.5) is 15.8 Å². The number of rotatable bonds is 6. The molecule has 0 bridgehead atoms. The number of aliphatic imine (C=N–C) groups is 1. The molecule has 0 aromatic heterocycles. The lowest BCUT2D eigenvalue weighted by atomic mass is 10.2. The van der Waals surface area contributed by atoms with Gasteiger partial charge in [-0.2, -0.15) is 0 Å². The molecule has 1 saturated heterocycles. The van der Waals surface area contributed by atoms with Crippen molar-refractivity contribution in [3.05, 3.63) is 128 Å². The summed E-state index contributed by atoms with van der Waals surface area (Å²) in [5.41, 5.74) is 4.62. The molecule has 0 radical (unpaired) electrons. The van der Waals surface area contributed by atoms with E-state index in [1.807, 2.05) is 62.4 Å². The number of benzene rings is 4. The fourth-order valence-electron chi connectivity index (χ4n) is 3.90. The molecule has 0 unspecified atom stereocenters. The maximum atomic E-state index is 13.7. The Morgan fingerprint density at radius 2 is 1.67 bits per heavy atom. The predicted molar refractivity (Wildman–Crippen MR) is 160 cm³/mol. The van der Waals surface area contributed by atoms with Gasteiger partial charge in [0, 0.05) is 10.0 Å². The summed E-state index contributed by atoms with van der Waals surface area (Å²) in [6.07, 6.45) is 1.80. The van der Waals surface area contributed by atoms with Crippen LogP contribution in [0.5, 0.6) is 5.75 Å². The Hall–Kier alpha value is -3.58. The Bertz CT molecular complexity index is 1640. The Morgan fingerprint density at radius 3 is 2.41 bits per heavy atom. The molecule has 1 fully saturated rings. The fraction of sp³-hybridized carbons (Fsp3) is 0.0968. The molecule has 1 aliphatic rings. The van der Waals surface area contributed by atoms with E-state index in [0.717, 1.165) is 22.3 Å². The molecule has 1 amide bonds. The van der Waals surface area contributed by atoms with Gasteiger partial charge in [-0.1, -0.05) is 59.6 Å². The van der Waals surface area contributed by atoms with Crippen LogP contribution in [-0.4, -0.2) is 11.1 Å². The van der Waals surface area contributed by atoms with E-state index in [2.05, 4.69) is 0 Å². The standard InChI is InChI=1S/C31H23Cl2FN2O2S/c1-19-9-11-24(16-27(19)32)35-31-36(25-12-10-20(2)28(33)17-25)30(37)29(39-31)15-21-5-4-8-26(14-21)38-18-22-6-3-7-23(34)13-22/h3-17H,18H2,1-2H3/b29-15-,35-31?. The number of carbonyl (C=O) groups is 1. The first kappa shape index (κ1) is 27.0. The summed E-state index contributed by atoms with van der Waals surface area (Å²) in [7, 11) is 0. The minimum Gasteiger partial charge on any atom is -0.489 e. The van der Waals surface area contributed by atoms with E-state index in [0.29, 0.717) is 37.2 Å². The van der Waals surface area contributed by atoms with Gasteiger partial charge in [0.05, 0.1) is 16.3 Å². The highest BCUT2D eigenvalue weighted by molar-refractivity contribution is 8.19. The van der Waals surface area contributed by atoms with Gasteiger partial charge in [-0.15, -0.1) is 0 Å². The van der Waals surface area contributed by atoms with Gasteiger partial charge < -0.3 is 4.74 Å². The average Bonchev–Trinajstić information content (AvgIpc) is 3.21. The highest BCUT2D eigenvalue weighted by Crippen LogP contribution is 2.39. The van der Waals surface area contributed by atoms with Crippen molar-refractivity contribution in [1.82, 2.24) is 0 Å². The number of amides is 1. The lowest BCUT2D eigenvalue weighted by molar-refractivity contribution is -0.113. The molecule has 0 spiro atoms. The van der Waals surface area contributed by atoms with Gasteiger partial charge in [-0.05, 0) is 102 Å². The van der Waals surface area contributed by atoms with Crippen molar-refractivity contribution in [3.63, 3.8) is 0 Å². The van der Waals surface area contributed by atoms with Crippen molar-refractivity contribution in [3.8, 4) is 5.75 Å². The molecule has 8 heteroatoms. The van der Waals surface area contributed by atoms with E-state index in [1.165, 1.54) is 23.9 Å². The third kappa shape index (κ3) is 6.36. The van der Waals surface area contributed by atoms with Gasteiger partial charge in [0.25, 0.3) is 5.91 Å². The third-order valence-corrected chi connectivity index (χ3v) is 7.83. The van der Waals surface area contributed by atoms with Crippen LogP contribution in [0.2, 0.25) is 10.0 Å². The molecule has 5 rings (SSSR count). The number of hydrogen-bond acceptors (Lipinski definition) is 4. The molecule has 0 saturated carbocycles. The lowest BCUT2D eigenvalue weighted by Crippen LogP contribution is -2.28. The fourth-order valence-corrected chi connectivity index (χ4v) is 5.25. The monoisotopic (exact) mass is 576 g/mol. The average molecular weight is 578 g/mol. The largest absolute Gasteiger partial charge is 0.489 e. The predicted octanol–water partition coefficient (Wildman–Crippen LogP) is 9.14. The first-order valence-electron chi connectivity index (χ1n) is 12.1. The normalized spacial score (nSPS) is 15.4. The number of thioether (sulfide) groups is 1. The van der Waals surface area contributed by atoms with Crippen LogP contribution >= 0.6 is 35.0 Å². The summed E-state index contributed by atoms with van der Waals surface area (Å²) in [5, 5.41) is 1.65. The summed E-state index contributed by atoms with van der Waals surface area (Å²) in [5.74, 6) is 0.0773. The molecule has 4 aromatic rings. The first-order chi connectivity index (χ1) is 18.8. The van der Waals surface area contributed by atoms with Gasteiger partial charge in [-0.25, -0.2) is 9.38 Å². The summed E-state index contributed by atoms with van der Waals surface area (Å²) in [6.45, 7) is 4.05. The highest BCUT2D eigenvalue weighted by atomic mass is 35.5. The summed E-state index contributed by atoms with van der Waals surface area (Å²) in [4.78, 5) is 20.5. The van der Waals surface area contributed by atoms with Gasteiger partial charge in [-0.3, -0.25) is 9.69 Å². The van der Waals surface area contributed by atoms with E-state index >= 15 is 0 Å². The van der Waals surface area contributed by atoms with Gasteiger partial charge >= 0.3 is 0 Å². The second kappa shape index (κ2) is 11.7.